The number of aromatic amines is 1. The van der Waals surface area contributed by atoms with Crippen LogP contribution in [0.15, 0.2) is 35.5 Å². The fourth-order valence-electron chi connectivity index (χ4n) is 1.63. The summed E-state index contributed by atoms with van der Waals surface area (Å²) in [5.74, 6) is 0.753. The molecule has 1 aliphatic rings. The largest absolute Gasteiger partial charge is 0.429 e. The van der Waals surface area contributed by atoms with E-state index in [4.69, 9.17) is 4.74 Å². The zero-order valence-corrected chi connectivity index (χ0v) is 7.40. The lowest BCUT2D eigenvalue weighted by molar-refractivity contribution is 0.555. The Morgan fingerprint density at radius 3 is 3.14 bits per heavy atom. The molecule has 3 nitrogen and oxygen atoms in total. The van der Waals surface area contributed by atoms with Gasteiger partial charge in [0, 0.05) is 22.7 Å². The number of benzene rings is 1. The van der Waals surface area contributed by atoms with E-state index in [9.17, 15) is 0 Å². The molecule has 68 valence electrons. The van der Waals surface area contributed by atoms with Gasteiger partial charge in [0.05, 0.1) is 0 Å². The lowest BCUT2D eigenvalue weighted by Gasteiger charge is -1.93. The van der Waals surface area contributed by atoms with Crippen LogP contribution in [-0.4, -0.2) is 11.4 Å². The molecular weight excluding hydrogens is 176 g/mol. The molecule has 0 saturated carbocycles. The zero-order valence-electron chi connectivity index (χ0n) is 7.40. The molecule has 1 aromatic heterocycles. The predicted molar refractivity (Wildman–Crippen MR) is 56.5 cm³/mol. The van der Waals surface area contributed by atoms with Crippen molar-refractivity contribution in [3.63, 3.8) is 0 Å². The highest BCUT2D eigenvalue weighted by Crippen LogP contribution is 2.29. The van der Waals surface area contributed by atoms with Crippen LogP contribution in [0.4, 0.5) is 0 Å². The molecule has 1 N–H and O–H groups in total. The first-order valence-electron chi connectivity index (χ1n) is 4.41. The molecule has 0 atom stereocenters. The predicted octanol–water partition coefficient (Wildman–Crippen LogP) is 2.56. The maximum absolute atomic E-state index is 5.32. The Bertz CT molecular complexity index is 537. The monoisotopic (exact) mass is 184 g/mol. The van der Waals surface area contributed by atoms with E-state index in [1.54, 1.807) is 6.20 Å². The van der Waals surface area contributed by atoms with Crippen LogP contribution < -0.4 is 4.74 Å². The minimum absolute atomic E-state index is 0.753. The Balaban J connectivity index is 2.37. The van der Waals surface area contributed by atoms with E-state index in [0.717, 1.165) is 22.3 Å². The number of aliphatic imine (C=N–C) groups is 1. The highest BCUT2D eigenvalue weighted by atomic mass is 16.5. The van der Waals surface area contributed by atoms with E-state index in [2.05, 4.69) is 16.0 Å². The summed E-state index contributed by atoms with van der Waals surface area (Å²) in [5, 5.41) is 1.16. The van der Waals surface area contributed by atoms with Gasteiger partial charge in [0.25, 0.3) is 0 Å². The molecule has 0 bridgehead atoms. The van der Waals surface area contributed by atoms with E-state index in [-0.39, 0.29) is 0 Å². The lowest BCUT2D eigenvalue weighted by Crippen LogP contribution is -1.88. The molecular formula is C11H8N2O. The minimum atomic E-state index is 0.753. The van der Waals surface area contributed by atoms with Gasteiger partial charge < -0.3 is 9.72 Å². The first-order chi connectivity index (χ1) is 6.95. The average molecular weight is 184 g/mol. The van der Waals surface area contributed by atoms with Gasteiger partial charge in [0.2, 0.25) is 5.88 Å². The molecule has 3 heteroatoms. The summed E-state index contributed by atoms with van der Waals surface area (Å²) < 4.78 is 5.32. The molecule has 0 unspecified atom stereocenters. The van der Waals surface area contributed by atoms with Gasteiger partial charge in [-0.3, -0.25) is 0 Å². The standard InChI is InChI=1S/C11H8N2O/c1-2-4-10-8(3-1)9-5-6-12-7-14-11(9)13-10/h1-7,13H. The van der Waals surface area contributed by atoms with Crippen molar-refractivity contribution >= 4 is 23.4 Å². The highest BCUT2D eigenvalue weighted by Gasteiger charge is 2.09. The SMILES string of the molecule is C1=Cc2c([nH]c3ccccc23)OC=N1. The second-order valence-electron chi connectivity index (χ2n) is 3.10. The van der Waals surface area contributed by atoms with Gasteiger partial charge in [-0.05, 0) is 12.1 Å². The zero-order chi connectivity index (χ0) is 9.38. The Morgan fingerprint density at radius 1 is 1.21 bits per heavy atom. The number of rotatable bonds is 0. The van der Waals surface area contributed by atoms with Crippen LogP contribution in [0.1, 0.15) is 5.56 Å². The topological polar surface area (TPSA) is 37.4 Å². The molecule has 1 aromatic carbocycles. The molecule has 2 heterocycles. The number of fused-ring (bicyclic) bond motifs is 3. The maximum Gasteiger partial charge on any atom is 0.207 e. The van der Waals surface area contributed by atoms with E-state index in [1.807, 2.05) is 24.3 Å². The Kier molecular flexibility index (Phi) is 1.44. The highest BCUT2D eigenvalue weighted by molar-refractivity contribution is 5.92. The Hall–Kier alpha value is -2.03. The second-order valence-corrected chi connectivity index (χ2v) is 3.10. The summed E-state index contributed by atoms with van der Waals surface area (Å²) in [6, 6.07) is 8.09. The number of para-hydroxylation sites is 1. The summed E-state index contributed by atoms with van der Waals surface area (Å²) in [6.45, 7) is 0. The van der Waals surface area contributed by atoms with Crippen LogP contribution in [0.5, 0.6) is 5.88 Å². The van der Waals surface area contributed by atoms with Crippen molar-refractivity contribution in [1.29, 1.82) is 0 Å². The van der Waals surface area contributed by atoms with Crippen LogP contribution in [0.2, 0.25) is 0 Å². The van der Waals surface area contributed by atoms with Crippen LogP contribution in [0.3, 0.4) is 0 Å². The van der Waals surface area contributed by atoms with Gasteiger partial charge in [-0.2, -0.15) is 0 Å². The molecule has 0 amide bonds. The van der Waals surface area contributed by atoms with Crippen LogP contribution in [-0.2, 0) is 0 Å². The molecule has 0 saturated heterocycles. The molecule has 14 heavy (non-hydrogen) atoms. The van der Waals surface area contributed by atoms with Crippen molar-refractivity contribution in [3.8, 4) is 5.88 Å². The second kappa shape index (κ2) is 2.73. The number of aromatic nitrogens is 1. The van der Waals surface area contributed by atoms with Crippen LogP contribution >= 0.6 is 0 Å². The summed E-state index contributed by atoms with van der Waals surface area (Å²) in [4.78, 5) is 7.11. The molecule has 2 aromatic rings. The van der Waals surface area contributed by atoms with Gasteiger partial charge in [-0.25, -0.2) is 4.99 Å². The summed E-state index contributed by atoms with van der Waals surface area (Å²) in [7, 11) is 0. The van der Waals surface area contributed by atoms with E-state index >= 15 is 0 Å². The van der Waals surface area contributed by atoms with Gasteiger partial charge >= 0.3 is 0 Å². The fraction of sp³-hybridized carbons (Fsp3) is 0. The van der Waals surface area contributed by atoms with Crippen molar-refractivity contribution in [3.05, 3.63) is 36.0 Å². The molecule has 3 rings (SSSR count). The molecule has 0 radical (unpaired) electrons. The van der Waals surface area contributed by atoms with Crippen LogP contribution in [0.25, 0.3) is 17.0 Å². The molecule has 0 aliphatic carbocycles. The Morgan fingerprint density at radius 2 is 2.14 bits per heavy atom. The van der Waals surface area contributed by atoms with Crippen molar-refractivity contribution in [2.75, 3.05) is 0 Å². The fourth-order valence-corrected chi connectivity index (χ4v) is 1.63. The van der Waals surface area contributed by atoms with Crippen molar-refractivity contribution in [2.45, 2.75) is 0 Å². The molecule has 1 aliphatic heterocycles. The van der Waals surface area contributed by atoms with Crippen LogP contribution in [0, 0.1) is 0 Å². The quantitative estimate of drug-likeness (QED) is 0.671. The minimum Gasteiger partial charge on any atom is -0.429 e. The van der Waals surface area contributed by atoms with E-state index in [0.29, 0.717) is 0 Å². The first-order valence-corrected chi connectivity index (χ1v) is 4.41. The maximum atomic E-state index is 5.32. The third kappa shape index (κ3) is 0.956. The van der Waals surface area contributed by atoms with E-state index in [1.165, 1.54) is 6.40 Å². The average Bonchev–Trinajstić information content (AvgIpc) is 2.42. The van der Waals surface area contributed by atoms with E-state index < -0.39 is 0 Å². The molecule has 0 fully saturated rings. The first kappa shape index (κ1) is 7.38. The number of ether oxygens (including phenoxy) is 1. The van der Waals surface area contributed by atoms with Gasteiger partial charge in [-0.1, -0.05) is 18.2 Å². The number of H-pyrrole nitrogens is 1. The number of nitrogens with one attached hydrogen (secondary N) is 1. The number of nitrogens with zero attached hydrogens (tertiary/aromatic N) is 1. The summed E-state index contributed by atoms with van der Waals surface area (Å²) in [5.41, 5.74) is 2.13. The summed E-state index contributed by atoms with van der Waals surface area (Å²) in [6.07, 6.45) is 5.10. The lowest BCUT2D eigenvalue weighted by atomic mass is 10.2. The molecule has 0 spiro atoms. The number of hydrogen-bond donors (Lipinski definition) is 1. The smallest absolute Gasteiger partial charge is 0.207 e. The van der Waals surface area contributed by atoms with Gasteiger partial charge in [-0.15, -0.1) is 0 Å². The van der Waals surface area contributed by atoms with Crippen molar-refractivity contribution < 1.29 is 4.74 Å². The van der Waals surface area contributed by atoms with Crippen molar-refractivity contribution in [1.82, 2.24) is 4.98 Å². The van der Waals surface area contributed by atoms with Gasteiger partial charge in [0.1, 0.15) is 0 Å². The normalized spacial score (nSPS) is 13.7. The third-order valence-corrected chi connectivity index (χ3v) is 2.27. The van der Waals surface area contributed by atoms with Gasteiger partial charge in [0.15, 0.2) is 6.40 Å². The third-order valence-electron chi connectivity index (χ3n) is 2.27. The Labute approximate surface area is 80.7 Å². The number of hydrogen-bond acceptors (Lipinski definition) is 2. The summed E-state index contributed by atoms with van der Waals surface area (Å²) >= 11 is 0. The van der Waals surface area contributed by atoms with Crippen molar-refractivity contribution in [2.24, 2.45) is 4.99 Å².